The molecule has 6 heteroatoms. The number of amides is 2. The third kappa shape index (κ3) is 3.30. The quantitative estimate of drug-likeness (QED) is 0.675. The second-order valence-electron chi connectivity index (χ2n) is 4.69. The SMILES string of the molecule is CN(CC(=O)Nc1ccccc1C(N)=O)C1CNC1. The van der Waals surface area contributed by atoms with Crippen LogP contribution < -0.4 is 16.4 Å². The maximum atomic E-state index is 11.9. The van der Waals surface area contributed by atoms with Gasteiger partial charge in [-0.25, -0.2) is 0 Å². The third-order valence-corrected chi connectivity index (χ3v) is 3.24. The van der Waals surface area contributed by atoms with Crippen LogP contribution in [0.25, 0.3) is 0 Å². The molecule has 0 bridgehead atoms. The number of carbonyl (C=O) groups excluding carboxylic acids is 2. The number of nitrogens with two attached hydrogens (primary N) is 1. The average molecular weight is 262 g/mol. The summed E-state index contributed by atoms with van der Waals surface area (Å²) < 4.78 is 0. The summed E-state index contributed by atoms with van der Waals surface area (Å²) in [6.07, 6.45) is 0. The number of rotatable bonds is 5. The van der Waals surface area contributed by atoms with Gasteiger partial charge in [0.05, 0.1) is 17.8 Å². The highest BCUT2D eigenvalue weighted by Gasteiger charge is 2.23. The molecule has 1 aliphatic rings. The zero-order valence-electron chi connectivity index (χ0n) is 10.8. The number of primary amides is 1. The Morgan fingerprint density at radius 3 is 2.68 bits per heavy atom. The minimum atomic E-state index is -0.549. The summed E-state index contributed by atoms with van der Waals surface area (Å²) >= 11 is 0. The maximum absolute atomic E-state index is 11.9. The van der Waals surface area contributed by atoms with Gasteiger partial charge in [-0.2, -0.15) is 0 Å². The fourth-order valence-corrected chi connectivity index (χ4v) is 1.94. The number of likely N-dealkylation sites (N-methyl/N-ethyl adjacent to an activating group) is 1. The van der Waals surface area contributed by atoms with E-state index in [2.05, 4.69) is 10.6 Å². The first-order valence-electron chi connectivity index (χ1n) is 6.17. The molecule has 2 amide bonds. The molecule has 0 aliphatic carbocycles. The molecule has 2 rings (SSSR count). The Bertz CT molecular complexity index is 485. The van der Waals surface area contributed by atoms with Crippen molar-refractivity contribution in [3.8, 4) is 0 Å². The molecular weight excluding hydrogens is 244 g/mol. The average Bonchev–Trinajstić information content (AvgIpc) is 2.26. The van der Waals surface area contributed by atoms with Crippen LogP contribution in [0.2, 0.25) is 0 Å². The molecule has 1 saturated heterocycles. The molecule has 19 heavy (non-hydrogen) atoms. The number of nitrogens with one attached hydrogen (secondary N) is 2. The number of nitrogens with zero attached hydrogens (tertiary/aromatic N) is 1. The Kier molecular flexibility index (Phi) is 4.13. The topological polar surface area (TPSA) is 87.5 Å². The van der Waals surface area contributed by atoms with Crippen molar-refractivity contribution >= 4 is 17.5 Å². The molecule has 102 valence electrons. The van der Waals surface area contributed by atoms with Crippen LogP contribution in [-0.4, -0.2) is 49.4 Å². The zero-order chi connectivity index (χ0) is 13.8. The van der Waals surface area contributed by atoms with E-state index in [1.54, 1.807) is 24.3 Å². The molecule has 0 unspecified atom stereocenters. The van der Waals surface area contributed by atoms with Gasteiger partial charge >= 0.3 is 0 Å². The van der Waals surface area contributed by atoms with Crippen LogP contribution in [-0.2, 0) is 4.79 Å². The van der Waals surface area contributed by atoms with Crippen molar-refractivity contribution in [3.63, 3.8) is 0 Å². The Morgan fingerprint density at radius 2 is 2.11 bits per heavy atom. The number of anilines is 1. The van der Waals surface area contributed by atoms with Crippen LogP contribution in [0.4, 0.5) is 5.69 Å². The molecule has 0 radical (unpaired) electrons. The van der Waals surface area contributed by atoms with Crippen molar-refractivity contribution in [3.05, 3.63) is 29.8 Å². The van der Waals surface area contributed by atoms with Crippen molar-refractivity contribution in [1.82, 2.24) is 10.2 Å². The van der Waals surface area contributed by atoms with Gasteiger partial charge in [-0.3, -0.25) is 14.5 Å². The van der Waals surface area contributed by atoms with E-state index in [1.807, 2.05) is 11.9 Å². The van der Waals surface area contributed by atoms with E-state index in [0.29, 0.717) is 23.8 Å². The first-order chi connectivity index (χ1) is 9.08. The van der Waals surface area contributed by atoms with Crippen molar-refractivity contribution in [2.24, 2.45) is 5.73 Å². The van der Waals surface area contributed by atoms with E-state index in [0.717, 1.165) is 13.1 Å². The molecule has 1 fully saturated rings. The lowest BCUT2D eigenvalue weighted by molar-refractivity contribution is -0.117. The summed E-state index contributed by atoms with van der Waals surface area (Å²) in [5.41, 5.74) is 6.04. The lowest BCUT2D eigenvalue weighted by atomic mass is 10.1. The molecule has 1 aromatic rings. The van der Waals surface area contributed by atoms with Gasteiger partial charge in [0.25, 0.3) is 5.91 Å². The standard InChI is InChI=1S/C13H18N4O2/c1-17(9-6-15-7-9)8-12(18)16-11-5-3-2-4-10(11)13(14)19/h2-5,9,15H,6-8H2,1H3,(H2,14,19)(H,16,18). The number of benzene rings is 1. The largest absolute Gasteiger partial charge is 0.366 e. The summed E-state index contributed by atoms with van der Waals surface area (Å²) in [7, 11) is 1.91. The third-order valence-electron chi connectivity index (χ3n) is 3.24. The van der Waals surface area contributed by atoms with Gasteiger partial charge in [0.2, 0.25) is 5.91 Å². The number of hydrogen-bond donors (Lipinski definition) is 3. The van der Waals surface area contributed by atoms with Crippen LogP contribution >= 0.6 is 0 Å². The normalized spacial score (nSPS) is 15.1. The predicted octanol–water partition coefficient (Wildman–Crippen LogP) is -0.372. The van der Waals surface area contributed by atoms with Crippen molar-refractivity contribution in [2.75, 3.05) is 32.0 Å². The number of hydrogen-bond acceptors (Lipinski definition) is 4. The number of para-hydroxylation sites is 1. The van der Waals surface area contributed by atoms with Gasteiger partial charge in [-0.1, -0.05) is 12.1 Å². The van der Waals surface area contributed by atoms with E-state index < -0.39 is 5.91 Å². The number of carbonyl (C=O) groups is 2. The maximum Gasteiger partial charge on any atom is 0.250 e. The first-order valence-corrected chi connectivity index (χ1v) is 6.17. The van der Waals surface area contributed by atoms with Crippen LogP contribution in [0.15, 0.2) is 24.3 Å². The lowest BCUT2D eigenvalue weighted by Crippen LogP contribution is -2.57. The molecule has 1 aromatic carbocycles. The van der Waals surface area contributed by atoms with E-state index in [-0.39, 0.29) is 5.91 Å². The molecule has 0 atom stereocenters. The fourth-order valence-electron chi connectivity index (χ4n) is 1.94. The highest BCUT2D eigenvalue weighted by molar-refractivity contribution is 6.03. The monoisotopic (exact) mass is 262 g/mol. The molecule has 1 heterocycles. The summed E-state index contributed by atoms with van der Waals surface area (Å²) in [5, 5.41) is 5.88. The minimum Gasteiger partial charge on any atom is -0.366 e. The summed E-state index contributed by atoms with van der Waals surface area (Å²) in [4.78, 5) is 25.1. The van der Waals surface area contributed by atoms with Gasteiger partial charge in [0.15, 0.2) is 0 Å². The first kappa shape index (κ1) is 13.5. The second kappa shape index (κ2) is 5.81. The molecule has 6 nitrogen and oxygen atoms in total. The van der Waals surface area contributed by atoms with E-state index >= 15 is 0 Å². The Hall–Kier alpha value is -1.92. The molecule has 0 spiro atoms. The van der Waals surface area contributed by atoms with Gasteiger partial charge in [0, 0.05) is 19.1 Å². The van der Waals surface area contributed by atoms with Crippen LogP contribution in [0.5, 0.6) is 0 Å². The lowest BCUT2D eigenvalue weighted by Gasteiger charge is -2.35. The smallest absolute Gasteiger partial charge is 0.250 e. The van der Waals surface area contributed by atoms with Crippen LogP contribution in [0.1, 0.15) is 10.4 Å². The van der Waals surface area contributed by atoms with Crippen molar-refractivity contribution < 1.29 is 9.59 Å². The summed E-state index contributed by atoms with van der Waals surface area (Å²) in [6, 6.07) is 7.13. The van der Waals surface area contributed by atoms with E-state index in [9.17, 15) is 9.59 Å². The highest BCUT2D eigenvalue weighted by atomic mass is 16.2. The van der Waals surface area contributed by atoms with Crippen molar-refractivity contribution in [2.45, 2.75) is 6.04 Å². The highest BCUT2D eigenvalue weighted by Crippen LogP contribution is 2.14. The second-order valence-corrected chi connectivity index (χ2v) is 4.69. The minimum absolute atomic E-state index is 0.150. The Labute approximate surface area is 112 Å². The summed E-state index contributed by atoms with van der Waals surface area (Å²) in [6.45, 7) is 2.10. The Morgan fingerprint density at radius 1 is 1.42 bits per heavy atom. The zero-order valence-corrected chi connectivity index (χ0v) is 10.8. The van der Waals surface area contributed by atoms with Gasteiger partial charge in [-0.15, -0.1) is 0 Å². The molecular formula is C13H18N4O2. The van der Waals surface area contributed by atoms with Gasteiger partial charge < -0.3 is 16.4 Å². The van der Waals surface area contributed by atoms with Crippen molar-refractivity contribution in [1.29, 1.82) is 0 Å². The predicted molar refractivity (Wildman–Crippen MR) is 72.9 cm³/mol. The van der Waals surface area contributed by atoms with Crippen LogP contribution in [0, 0.1) is 0 Å². The van der Waals surface area contributed by atoms with Gasteiger partial charge in [-0.05, 0) is 19.2 Å². The molecule has 0 aromatic heterocycles. The molecule has 4 N–H and O–H groups in total. The van der Waals surface area contributed by atoms with Crippen LogP contribution in [0.3, 0.4) is 0 Å². The fraction of sp³-hybridized carbons (Fsp3) is 0.385. The molecule has 1 aliphatic heterocycles. The van der Waals surface area contributed by atoms with Gasteiger partial charge in [0.1, 0.15) is 0 Å². The summed E-state index contributed by atoms with van der Waals surface area (Å²) in [5.74, 6) is -0.699. The molecule has 0 saturated carbocycles. The van der Waals surface area contributed by atoms with E-state index in [4.69, 9.17) is 5.73 Å². The van der Waals surface area contributed by atoms with E-state index in [1.165, 1.54) is 0 Å². The Balaban J connectivity index is 1.96.